The minimum atomic E-state index is -0.376. The Morgan fingerprint density at radius 3 is 2.92 bits per heavy atom. The van der Waals surface area contributed by atoms with E-state index in [4.69, 9.17) is 16.1 Å². The second kappa shape index (κ2) is 8.13. The van der Waals surface area contributed by atoms with E-state index in [0.717, 1.165) is 40.9 Å². The number of benzene rings is 1. The highest BCUT2D eigenvalue weighted by atomic mass is 32.1. The molecule has 2 aromatic rings. The fraction of sp³-hybridized carbons (Fsp3) is 0.421. The van der Waals surface area contributed by atoms with Gasteiger partial charge in [0.1, 0.15) is 0 Å². The summed E-state index contributed by atoms with van der Waals surface area (Å²) in [5, 5.41) is 3.47. The van der Waals surface area contributed by atoms with Gasteiger partial charge in [0.25, 0.3) is 5.91 Å². The number of amides is 1. The highest BCUT2D eigenvalue weighted by molar-refractivity contribution is 7.18. The molecule has 1 saturated carbocycles. The van der Waals surface area contributed by atoms with Crippen LogP contribution in [-0.2, 0) is 14.3 Å². The maximum absolute atomic E-state index is 12.5. The third-order valence-corrected chi connectivity index (χ3v) is 5.60. The van der Waals surface area contributed by atoms with Crippen LogP contribution in [0, 0.1) is 18.3 Å². The molecular formula is C19H20N2O3S. The van der Waals surface area contributed by atoms with Gasteiger partial charge in [0.05, 0.1) is 27.7 Å². The van der Waals surface area contributed by atoms with Crippen molar-refractivity contribution in [1.29, 1.82) is 0 Å². The molecule has 3 rings (SSSR count). The van der Waals surface area contributed by atoms with Crippen LogP contribution in [0.2, 0.25) is 0 Å². The molecule has 0 bridgehead atoms. The molecule has 1 aliphatic carbocycles. The Morgan fingerprint density at radius 2 is 2.12 bits per heavy atom. The second-order valence-corrected chi connectivity index (χ2v) is 7.17. The molecule has 6 heteroatoms. The van der Waals surface area contributed by atoms with Crippen LogP contribution >= 0.6 is 11.3 Å². The van der Waals surface area contributed by atoms with Crippen molar-refractivity contribution in [3.05, 3.63) is 29.3 Å². The highest BCUT2D eigenvalue weighted by Gasteiger charge is 2.35. The first kappa shape index (κ1) is 17.4. The van der Waals surface area contributed by atoms with Crippen molar-refractivity contribution in [1.82, 2.24) is 10.3 Å². The maximum Gasteiger partial charge on any atom is 0.310 e. The standard InChI is InChI=1S/C19H20N2O3S/c1-2-11-20-17(22)12-24-19(23)14-8-4-3-7-13(14)18-21-15-9-5-6-10-16(15)25-18/h1,5-6,9-10,13-14H,3-4,7-8,11-12H2,(H,20,22)/t13-,14-/m1/s1. The van der Waals surface area contributed by atoms with Crippen LogP contribution in [0.15, 0.2) is 24.3 Å². The lowest BCUT2D eigenvalue weighted by Crippen LogP contribution is -2.33. The zero-order chi connectivity index (χ0) is 17.6. The number of terminal acetylenes is 1. The summed E-state index contributed by atoms with van der Waals surface area (Å²) in [6, 6.07) is 7.99. The predicted molar refractivity (Wildman–Crippen MR) is 97.1 cm³/mol. The number of esters is 1. The molecule has 1 aromatic carbocycles. The Labute approximate surface area is 150 Å². The topological polar surface area (TPSA) is 68.3 Å². The van der Waals surface area contributed by atoms with Crippen LogP contribution in [0.1, 0.15) is 36.6 Å². The Kier molecular flexibility index (Phi) is 5.67. The lowest BCUT2D eigenvalue weighted by molar-refractivity contribution is -0.154. The van der Waals surface area contributed by atoms with E-state index in [1.54, 1.807) is 11.3 Å². The number of nitrogens with zero attached hydrogens (tertiary/aromatic N) is 1. The van der Waals surface area contributed by atoms with Crippen molar-refractivity contribution in [3.63, 3.8) is 0 Å². The summed E-state index contributed by atoms with van der Waals surface area (Å²) in [5.41, 5.74) is 0.967. The van der Waals surface area contributed by atoms with E-state index in [1.165, 1.54) is 0 Å². The fourth-order valence-corrected chi connectivity index (χ4v) is 4.37. The maximum atomic E-state index is 12.5. The van der Waals surface area contributed by atoms with Crippen LogP contribution in [0.4, 0.5) is 0 Å². The average molecular weight is 356 g/mol. The number of rotatable bonds is 5. The van der Waals surface area contributed by atoms with Crippen molar-refractivity contribution >= 4 is 33.4 Å². The molecule has 1 N–H and O–H groups in total. The first-order valence-electron chi connectivity index (χ1n) is 8.41. The molecule has 130 valence electrons. The van der Waals surface area contributed by atoms with Gasteiger partial charge in [-0.2, -0.15) is 0 Å². The van der Waals surface area contributed by atoms with Crippen LogP contribution in [0.5, 0.6) is 0 Å². The summed E-state index contributed by atoms with van der Waals surface area (Å²) in [5.74, 6) is 1.44. The van der Waals surface area contributed by atoms with Crippen LogP contribution in [0.3, 0.4) is 0 Å². The number of hydrogen-bond acceptors (Lipinski definition) is 5. The Balaban J connectivity index is 1.69. The zero-order valence-corrected chi connectivity index (χ0v) is 14.7. The van der Waals surface area contributed by atoms with Gasteiger partial charge < -0.3 is 10.1 Å². The van der Waals surface area contributed by atoms with Gasteiger partial charge in [-0.05, 0) is 25.0 Å². The lowest BCUT2D eigenvalue weighted by Gasteiger charge is -2.28. The summed E-state index contributed by atoms with van der Waals surface area (Å²) in [7, 11) is 0. The van der Waals surface area contributed by atoms with Gasteiger partial charge in [-0.15, -0.1) is 17.8 Å². The van der Waals surface area contributed by atoms with E-state index in [-0.39, 0.29) is 36.9 Å². The Bertz CT molecular complexity index is 775. The lowest BCUT2D eigenvalue weighted by atomic mass is 9.79. The van der Waals surface area contributed by atoms with Crippen molar-refractivity contribution in [3.8, 4) is 12.3 Å². The normalized spacial score (nSPS) is 20.0. The molecule has 5 nitrogen and oxygen atoms in total. The summed E-state index contributed by atoms with van der Waals surface area (Å²) in [6.45, 7) is -0.155. The van der Waals surface area contributed by atoms with E-state index >= 15 is 0 Å². The Hall–Kier alpha value is -2.39. The summed E-state index contributed by atoms with van der Waals surface area (Å²) >= 11 is 1.64. The molecule has 0 radical (unpaired) electrons. The van der Waals surface area contributed by atoms with E-state index in [0.29, 0.717) is 0 Å². The molecule has 1 heterocycles. The first-order chi connectivity index (χ1) is 12.2. The van der Waals surface area contributed by atoms with Crippen molar-refractivity contribution in [2.24, 2.45) is 5.92 Å². The van der Waals surface area contributed by atoms with Gasteiger partial charge in [0, 0.05) is 5.92 Å². The molecular weight excluding hydrogens is 336 g/mol. The monoisotopic (exact) mass is 356 g/mol. The zero-order valence-electron chi connectivity index (χ0n) is 13.9. The van der Waals surface area contributed by atoms with E-state index < -0.39 is 0 Å². The largest absolute Gasteiger partial charge is 0.455 e. The molecule has 1 fully saturated rings. The van der Waals surface area contributed by atoms with Gasteiger partial charge in [0.2, 0.25) is 0 Å². The minimum Gasteiger partial charge on any atom is -0.455 e. The van der Waals surface area contributed by atoms with Gasteiger partial charge in [-0.3, -0.25) is 9.59 Å². The van der Waals surface area contributed by atoms with Crippen molar-refractivity contribution in [2.75, 3.05) is 13.2 Å². The van der Waals surface area contributed by atoms with Crippen molar-refractivity contribution in [2.45, 2.75) is 31.6 Å². The Morgan fingerprint density at radius 1 is 1.32 bits per heavy atom. The summed E-state index contributed by atoms with van der Waals surface area (Å²) in [4.78, 5) is 28.8. The number of carbonyl (C=O) groups is 2. The third kappa shape index (κ3) is 4.18. The molecule has 0 spiro atoms. The van der Waals surface area contributed by atoms with E-state index in [2.05, 4.69) is 11.2 Å². The predicted octanol–water partition coefficient (Wildman–Crippen LogP) is 2.86. The number of thiazole rings is 1. The second-order valence-electron chi connectivity index (χ2n) is 6.11. The average Bonchev–Trinajstić information content (AvgIpc) is 3.08. The van der Waals surface area contributed by atoms with E-state index in [9.17, 15) is 9.59 Å². The smallest absolute Gasteiger partial charge is 0.310 e. The number of nitrogens with one attached hydrogen (secondary N) is 1. The number of aromatic nitrogens is 1. The van der Waals surface area contributed by atoms with E-state index in [1.807, 2.05) is 24.3 Å². The quantitative estimate of drug-likeness (QED) is 0.661. The van der Waals surface area contributed by atoms with Gasteiger partial charge in [-0.1, -0.05) is 30.9 Å². The summed E-state index contributed by atoms with van der Waals surface area (Å²) < 4.78 is 6.35. The molecule has 1 aliphatic rings. The third-order valence-electron chi connectivity index (χ3n) is 4.43. The molecule has 2 atom stereocenters. The number of para-hydroxylation sites is 1. The number of carbonyl (C=O) groups excluding carboxylic acids is 2. The van der Waals surface area contributed by atoms with Gasteiger partial charge in [-0.25, -0.2) is 4.98 Å². The fourth-order valence-electron chi connectivity index (χ4n) is 3.20. The molecule has 1 amide bonds. The first-order valence-corrected chi connectivity index (χ1v) is 9.23. The van der Waals surface area contributed by atoms with Gasteiger partial charge in [0.15, 0.2) is 6.61 Å². The summed E-state index contributed by atoms with van der Waals surface area (Å²) in [6.07, 6.45) is 8.84. The molecule has 0 unspecified atom stereocenters. The highest BCUT2D eigenvalue weighted by Crippen LogP contribution is 2.41. The van der Waals surface area contributed by atoms with Crippen LogP contribution in [-0.4, -0.2) is 30.0 Å². The van der Waals surface area contributed by atoms with Gasteiger partial charge >= 0.3 is 5.97 Å². The number of fused-ring (bicyclic) bond motifs is 1. The molecule has 0 saturated heterocycles. The number of hydrogen-bond donors (Lipinski definition) is 1. The van der Waals surface area contributed by atoms with Crippen molar-refractivity contribution < 1.29 is 14.3 Å². The molecule has 25 heavy (non-hydrogen) atoms. The molecule has 1 aromatic heterocycles. The SMILES string of the molecule is C#CCNC(=O)COC(=O)[C@@H]1CCCC[C@H]1c1nc2ccccc2s1. The molecule has 0 aliphatic heterocycles. The minimum absolute atomic E-state index is 0.0624. The van der Waals surface area contributed by atoms with Crippen LogP contribution in [0.25, 0.3) is 10.2 Å². The van der Waals surface area contributed by atoms with Crippen LogP contribution < -0.4 is 5.32 Å². The number of ether oxygens (including phenoxy) is 1.